The first-order valence-corrected chi connectivity index (χ1v) is 8.12. The number of fused-ring (bicyclic) bond motifs is 1. The molecule has 1 saturated heterocycles. The number of nitrogens with zero attached hydrogens (tertiary/aromatic N) is 3. The quantitative estimate of drug-likeness (QED) is 0.857. The molecule has 4 heteroatoms. The minimum atomic E-state index is 0.0258. The first-order chi connectivity index (χ1) is 9.45. The van der Waals surface area contributed by atoms with Gasteiger partial charge in [-0.05, 0) is 31.6 Å². The highest BCUT2D eigenvalue weighted by Gasteiger charge is 2.34. The average Bonchev–Trinajstić information content (AvgIpc) is 2.80. The molecular weight excluding hydrogens is 248 g/mol. The van der Waals surface area contributed by atoms with Crippen LogP contribution in [0.5, 0.6) is 0 Å². The molecule has 0 bridgehead atoms. The van der Waals surface area contributed by atoms with E-state index in [2.05, 4.69) is 31.2 Å². The van der Waals surface area contributed by atoms with Crippen molar-refractivity contribution < 1.29 is 0 Å². The maximum absolute atomic E-state index is 4.83. The number of piperidine rings is 1. The fourth-order valence-corrected chi connectivity index (χ4v) is 3.72. The third kappa shape index (κ3) is 2.62. The Bertz CT molecular complexity index is 471. The molecule has 1 N–H and O–H groups in total. The third-order valence-electron chi connectivity index (χ3n) is 4.93. The number of hydrogen-bond donors (Lipinski definition) is 1. The van der Waals surface area contributed by atoms with Gasteiger partial charge in [0.1, 0.15) is 5.82 Å². The molecule has 1 aromatic heterocycles. The molecule has 0 spiro atoms. The zero-order valence-corrected chi connectivity index (χ0v) is 13.3. The first-order valence-electron chi connectivity index (χ1n) is 8.12. The fraction of sp³-hybridized carbons (Fsp3) is 0.875. The summed E-state index contributed by atoms with van der Waals surface area (Å²) < 4.78 is 1.99. The van der Waals surface area contributed by atoms with Crippen LogP contribution in [0.1, 0.15) is 77.0 Å². The fourth-order valence-electron chi connectivity index (χ4n) is 3.72. The van der Waals surface area contributed by atoms with E-state index in [1.54, 1.807) is 0 Å². The Kier molecular flexibility index (Phi) is 3.61. The summed E-state index contributed by atoms with van der Waals surface area (Å²) in [5.41, 5.74) is 0.0258. The van der Waals surface area contributed by atoms with E-state index in [9.17, 15) is 0 Å². The highest BCUT2D eigenvalue weighted by atomic mass is 15.3. The van der Waals surface area contributed by atoms with Crippen LogP contribution < -0.4 is 5.32 Å². The van der Waals surface area contributed by atoms with Gasteiger partial charge in [0, 0.05) is 18.5 Å². The summed E-state index contributed by atoms with van der Waals surface area (Å²) in [6.07, 6.45) is 8.11. The molecule has 2 aliphatic rings. The number of aromatic nitrogens is 3. The summed E-state index contributed by atoms with van der Waals surface area (Å²) in [7, 11) is 2.03. The highest BCUT2D eigenvalue weighted by Crippen LogP contribution is 2.36. The van der Waals surface area contributed by atoms with Crippen molar-refractivity contribution in [2.45, 2.75) is 76.8 Å². The van der Waals surface area contributed by atoms with Gasteiger partial charge in [-0.25, -0.2) is 4.98 Å². The van der Waals surface area contributed by atoms with Crippen molar-refractivity contribution in [1.29, 1.82) is 0 Å². The molecule has 1 aliphatic carbocycles. The molecule has 112 valence electrons. The molecule has 1 aromatic rings. The second kappa shape index (κ2) is 5.14. The van der Waals surface area contributed by atoms with E-state index in [0.29, 0.717) is 12.1 Å². The smallest absolute Gasteiger partial charge is 0.156 e. The van der Waals surface area contributed by atoms with E-state index >= 15 is 0 Å². The minimum absolute atomic E-state index is 0.0258. The summed E-state index contributed by atoms with van der Waals surface area (Å²) >= 11 is 0. The Morgan fingerprint density at radius 1 is 1.10 bits per heavy atom. The predicted molar refractivity (Wildman–Crippen MR) is 80.6 cm³/mol. The molecule has 3 unspecified atom stereocenters. The van der Waals surface area contributed by atoms with Crippen LogP contribution in [0, 0.1) is 5.92 Å². The lowest BCUT2D eigenvalue weighted by molar-refractivity contribution is 0.171. The monoisotopic (exact) mass is 276 g/mol. The van der Waals surface area contributed by atoms with Crippen molar-refractivity contribution in [1.82, 2.24) is 20.1 Å². The van der Waals surface area contributed by atoms with Gasteiger partial charge in [0.2, 0.25) is 0 Å². The Morgan fingerprint density at radius 3 is 2.55 bits per heavy atom. The van der Waals surface area contributed by atoms with Gasteiger partial charge in [0.05, 0.1) is 6.04 Å². The summed E-state index contributed by atoms with van der Waals surface area (Å²) in [5.74, 6) is 2.98. The standard InChI is InChI=1S/C16H28N4/c1-16(2,3)15-18-14(20(4)19-15)13-10-9-11-7-5-6-8-12(11)17-13/h11-13,17H,5-10H2,1-4H3. The molecule has 20 heavy (non-hydrogen) atoms. The molecule has 0 aromatic carbocycles. The maximum Gasteiger partial charge on any atom is 0.156 e. The van der Waals surface area contributed by atoms with Gasteiger partial charge in [-0.15, -0.1) is 0 Å². The molecule has 3 rings (SSSR count). The van der Waals surface area contributed by atoms with Crippen LogP contribution >= 0.6 is 0 Å². The average molecular weight is 276 g/mol. The van der Waals surface area contributed by atoms with E-state index < -0.39 is 0 Å². The number of rotatable bonds is 1. The Hall–Kier alpha value is -0.900. The predicted octanol–water partition coefficient (Wildman–Crippen LogP) is 3.10. The van der Waals surface area contributed by atoms with Crippen LogP contribution in [-0.2, 0) is 12.5 Å². The second-order valence-electron chi connectivity index (χ2n) is 7.61. The third-order valence-corrected chi connectivity index (χ3v) is 4.93. The van der Waals surface area contributed by atoms with E-state index in [0.717, 1.165) is 17.6 Å². The van der Waals surface area contributed by atoms with Crippen molar-refractivity contribution in [3.05, 3.63) is 11.6 Å². The van der Waals surface area contributed by atoms with Crippen LogP contribution in [-0.4, -0.2) is 20.8 Å². The molecule has 2 fully saturated rings. The normalized spacial score (nSPS) is 31.1. The molecule has 3 atom stereocenters. The molecule has 4 nitrogen and oxygen atoms in total. The SMILES string of the molecule is Cn1nc(C(C)(C)C)nc1C1CCC2CCCCC2N1. The number of nitrogens with one attached hydrogen (secondary N) is 1. The Balaban J connectivity index is 1.78. The van der Waals surface area contributed by atoms with Crippen molar-refractivity contribution >= 4 is 0 Å². The number of hydrogen-bond acceptors (Lipinski definition) is 3. The lowest BCUT2D eigenvalue weighted by Gasteiger charge is -2.40. The van der Waals surface area contributed by atoms with Gasteiger partial charge >= 0.3 is 0 Å². The van der Waals surface area contributed by atoms with Gasteiger partial charge in [0.25, 0.3) is 0 Å². The van der Waals surface area contributed by atoms with Crippen molar-refractivity contribution in [3.8, 4) is 0 Å². The zero-order chi connectivity index (χ0) is 14.3. The minimum Gasteiger partial charge on any atom is -0.304 e. The van der Waals surface area contributed by atoms with Gasteiger partial charge in [0.15, 0.2) is 5.82 Å². The Labute approximate surface area is 122 Å². The second-order valence-corrected chi connectivity index (χ2v) is 7.61. The van der Waals surface area contributed by atoms with Crippen LogP contribution in [0.3, 0.4) is 0 Å². The van der Waals surface area contributed by atoms with Gasteiger partial charge < -0.3 is 5.32 Å². The number of aryl methyl sites for hydroxylation is 1. The maximum atomic E-state index is 4.83. The van der Waals surface area contributed by atoms with Crippen LogP contribution in [0.4, 0.5) is 0 Å². The highest BCUT2D eigenvalue weighted by molar-refractivity contribution is 5.08. The van der Waals surface area contributed by atoms with Crippen molar-refractivity contribution in [2.75, 3.05) is 0 Å². The molecule has 1 aliphatic heterocycles. The van der Waals surface area contributed by atoms with E-state index in [1.165, 1.54) is 38.5 Å². The first kappa shape index (κ1) is 14.1. The molecule has 0 radical (unpaired) electrons. The lowest BCUT2D eigenvalue weighted by atomic mass is 9.77. The Morgan fingerprint density at radius 2 is 1.85 bits per heavy atom. The van der Waals surface area contributed by atoms with Crippen molar-refractivity contribution in [3.63, 3.8) is 0 Å². The zero-order valence-electron chi connectivity index (χ0n) is 13.3. The largest absolute Gasteiger partial charge is 0.304 e. The van der Waals surface area contributed by atoms with E-state index in [-0.39, 0.29) is 5.41 Å². The molecule has 1 saturated carbocycles. The summed E-state index contributed by atoms with van der Waals surface area (Å²) in [4.78, 5) is 4.83. The molecule has 2 heterocycles. The molecular formula is C16H28N4. The van der Waals surface area contributed by atoms with E-state index in [4.69, 9.17) is 4.98 Å². The molecule has 0 amide bonds. The topological polar surface area (TPSA) is 42.7 Å². The van der Waals surface area contributed by atoms with Gasteiger partial charge in [-0.2, -0.15) is 5.10 Å². The van der Waals surface area contributed by atoms with Gasteiger partial charge in [-0.1, -0.05) is 33.6 Å². The van der Waals surface area contributed by atoms with E-state index in [1.807, 2.05) is 11.7 Å². The summed E-state index contributed by atoms with van der Waals surface area (Å²) in [6, 6.07) is 1.10. The summed E-state index contributed by atoms with van der Waals surface area (Å²) in [5, 5.41) is 8.48. The van der Waals surface area contributed by atoms with Crippen LogP contribution in [0.2, 0.25) is 0 Å². The lowest BCUT2D eigenvalue weighted by Crippen LogP contribution is -2.45. The van der Waals surface area contributed by atoms with Gasteiger partial charge in [-0.3, -0.25) is 4.68 Å². The van der Waals surface area contributed by atoms with Crippen LogP contribution in [0.25, 0.3) is 0 Å². The van der Waals surface area contributed by atoms with Crippen LogP contribution in [0.15, 0.2) is 0 Å². The summed E-state index contributed by atoms with van der Waals surface area (Å²) in [6.45, 7) is 6.53. The van der Waals surface area contributed by atoms with Crippen molar-refractivity contribution in [2.24, 2.45) is 13.0 Å².